The highest BCUT2D eigenvalue weighted by atomic mass is 19.1. The van der Waals surface area contributed by atoms with Crippen LogP contribution in [-0.2, 0) is 0 Å². The van der Waals surface area contributed by atoms with Crippen LogP contribution in [0.2, 0.25) is 0 Å². The molecule has 0 aliphatic carbocycles. The summed E-state index contributed by atoms with van der Waals surface area (Å²) < 4.78 is 26.2. The lowest BCUT2D eigenvalue weighted by molar-refractivity contribution is 0.102. The maximum atomic E-state index is 13.1. The third kappa shape index (κ3) is 3.78. The number of hydrogen-bond donors (Lipinski definition) is 2. The SMILES string of the molecule is CCNc1ccc(C(=O)Nc2cc(F)cc(F)c2)cc1C. The predicted octanol–water partition coefficient (Wildman–Crippen LogP) is 3.96. The van der Waals surface area contributed by atoms with E-state index in [1.165, 1.54) is 0 Å². The van der Waals surface area contributed by atoms with Crippen LogP contribution in [0.5, 0.6) is 0 Å². The molecule has 3 nitrogen and oxygen atoms in total. The van der Waals surface area contributed by atoms with E-state index in [0.717, 1.165) is 36.0 Å². The third-order valence-electron chi connectivity index (χ3n) is 2.98. The highest BCUT2D eigenvalue weighted by Crippen LogP contribution is 2.18. The molecule has 1 amide bonds. The Hall–Kier alpha value is -2.43. The van der Waals surface area contributed by atoms with E-state index in [9.17, 15) is 13.6 Å². The summed E-state index contributed by atoms with van der Waals surface area (Å²) in [7, 11) is 0. The first-order chi connectivity index (χ1) is 9.99. The molecule has 2 aromatic carbocycles. The summed E-state index contributed by atoms with van der Waals surface area (Å²) in [5.74, 6) is -1.88. The summed E-state index contributed by atoms with van der Waals surface area (Å²) in [6.45, 7) is 4.66. The Kier molecular flexibility index (Phi) is 4.52. The smallest absolute Gasteiger partial charge is 0.255 e. The molecule has 110 valence electrons. The van der Waals surface area contributed by atoms with E-state index in [4.69, 9.17) is 0 Å². The number of aryl methyl sites for hydroxylation is 1. The van der Waals surface area contributed by atoms with Crippen molar-refractivity contribution in [3.05, 3.63) is 59.2 Å². The van der Waals surface area contributed by atoms with Crippen LogP contribution in [0, 0.1) is 18.6 Å². The van der Waals surface area contributed by atoms with Gasteiger partial charge in [-0.3, -0.25) is 4.79 Å². The first-order valence-electron chi connectivity index (χ1n) is 6.61. The van der Waals surface area contributed by atoms with E-state index < -0.39 is 17.5 Å². The lowest BCUT2D eigenvalue weighted by Gasteiger charge is -2.10. The number of carbonyl (C=O) groups excluding carboxylic acids is 1. The second-order valence-corrected chi connectivity index (χ2v) is 4.67. The Labute approximate surface area is 122 Å². The fraction of sp³-hybridized carbons (Fsp3) is 0.188. The zero-order valence-electron chi connectivity index (χ0n) is 11.8. The molecular weight excluding hydrogens is 274 g/mol. The van der Waals surface area contributed by atoms with Gasteiger partial charge in [-0.1, -0.05) is 0 Å². The summed E-state index contributed by atoms with van der Waals surface area (Å²) in [6.07, 6.45) is 0. The molecule has 0 heterocycles. The van der Waals surface area contributed by atoms with Gasteiger partial charge >= 0.3 is 0 Å². The van der Waals surface area contributed by atoms with Gasteiger partial charge in [-0.2, -0.15) is 0 Å². The maximum absolute atomic E-state index is 13.1. The van der Waals surface area contributed by atoms with Crippen molar-refractivity contribution in [1.82, 2.24) is 0 Å². The van der Waals surface area contributed by atoms with Gasteiger partial charge in [0.1, 0.15) is 11.6 Å². The molecule has 2 aromatic rings. The number of anilines is 2. The molecule has 0 unspecified atom stereocenters. The van der Waals surface area contributed by atoms with Crippen LogP contribution in [0.25, 0.3) is 0 Å². The number of hydrogen-bond acceptors (Lipinski definition) is 2. The van der Waals surface area contributed by atoms with Gasteiger partial charge in [0.15, 0.2) is 0 Å². The molecule has 21 heavy (non-hydrogen) atoms. The minimum Gasteiger partial charge on any atom is -0.385 e. The van der Waals surface area contributed by atoms with E-state index >= 15 is 0 Å². The number of benzene rings is 2. The average molecular weight is 290 g/mol. The van der Waals surface area contributed by atoms with Gasteiger partial charge in [0.2, 0.25) is 0 Å². The van der Waals surface area contributed by atoms with Crippen LogP contribution in [-0.4, -0.2) is 12.5 Å². The number of halogens is 2. The Morgan fingerprint density at radius 2 is 1.76 bits per heavy atom. The Bertz CT molecular complexity index is 651. The van der Waals surface area contributed by atoms with Crippen LogP contribution < -0.4 is 10.6 Å². The van der Waals surface area contributed by atoms with Gasteiger partial charge in [-0.25, -0.2) is 8.78 Å². The zero-order valence-corrected chi connectivity index (χ0v) is 11.8. The first kappa shape index (κ1) is 15.0. The first-order valence-corrected chi connectivity index (χ1v) is 6.61. The molecule has 2 N–H and O–H groups in total. The Balaban J connectivity index is 2.18. The van der Waals surface area contributed by atoms with Crippen LogP contribution in [0.1, 0.15) is 22.8 Å². The van der Waals surface area contributed by atoms with Crippen molar-refractivity contribution >= 4 is 17.3 Å². The van der Waals surface area contributed by atoms with Gasteiger partial charge < -0.3 is 10.6 Å². The Morgan fingerprint density at radius 3 is 2.33 bits per heavy atom. The predicted molar refractivity (Wildman–Crippen MR) is 79.7 cm³/mol. The lowest BCUT2D eigenvalue weighted by Crippen LogP contribution is -2.13. The van der Waals surface area contributed by atoms with Crippen molar-refractivity contribution in [3.63, 3.8) is 0 Å². The number of rotatable bonds is 4. The molecule has 0 aliphatic rings. The third-order valence-corrected chi connectivity index (χ3v) is 2.98. The number of amides is 1. The molecule has 0 radical (unpaired) electrons. The summed E-state index contributed by atoms with van der Waals surface area (Å²) >= 11 is 0. The number of nitrogens with one attached hydrogen (secondary N) is 2. The maximum Gasteiger partial charge on any atom is 0.255 e. The van der Waals surface area contributed by atoms with Gasteiger partial charge in [-0.05, 0) is 49.7 Å². The average Bonchev–Trinajstić information content (AvgIpc) is 2.40. The second kappa shape index (κ2) is 6.35. The quantitative estimate of drug-likeness (QED) is 0.895. The van der Waals surface area contributed by atoms with Crippen molar-refractivity contribution < 1.29 is 13.6 Å². The monoisotopic (exact) mass is 290 g/mol. The highest BCUT2D eigenvalue weighted by molar-refractivity contribution is 6.04. The van der Waals surface area contributed by atoms with Crippen molar-refractivity contribution in [2.75, 3.05) is 17.2 Å². The summed E-state index contributed by atoms with van der Waals surface area (Å²) in [5.41, 5.74) is 2.39. The molecule has 0 spiro atoms. The summed E-state index contributed by atoms with van der Waals surface area (Å²) in [5, 5.41) is 5.65. The van der Waals surface area contributed by atoms with Crippen LogP contribution in [0.15, 0.2) is 36.4 Å². The molecule has 0 bridgehead atoms. The fourth-order valence-corrected chi connectivity index (χ4v) is 2.02. The molecule has 0 saturated heterocycles. The standard InChI is InChI=1S/C16H16F2N2O/c1-3-19-15-5-4-11(6-10(15)2)16(21)20-14-8-12(17)7-13(18)9-14/h4-9,19H,3H2,1-2H3,(H,20,21). The van der Waals surface area contributed by atoms with Crippen molar-refractivity contribution in [3.8, 4) is 0 Å². The van der Waals surface area contributed by atoms with Crippen LogP contribution in [0.4, 0.5) is 20.2 Å². The molecule has 0 aliphatic heterocycles. The van der Waals surface area contributed by atoms with Crippen LogP contribution in [0.3, 0.4) is 0 Å². The van der Waals surface area contributed by atoms with Crippen LogP contribution >= 0.6 is 0 Å². The highest BCUT2D eigenvalue weighted by Gasteiger charge is 2.09. The second-order valence-electron chi connectivity index (χ2n) is 4.67. The van der Waals surface area contributed by atoms with Gasteiger partial charge in [0.25, 0.3) is 5.91 Å². The van der Waals surface area contributed by atoms with Crippen molar-refractivity contribution in [1.29, 1.82) is 0 Å². The van der Waals surface area contributed by atoms with E-state index in [0.29, 0.717) is 5.56 Å². The molecule has 2 rings (SSSR count). The van der Waals surface area contributed by atoms with E-state index in [2.05, 4.69) is 10.6 Å². The lowest BCUT2D eigenvalue weighted by atomic mass is 10.1. The minimum absolute atomic E-state index is 0.0888. The molecular formula is C16H16F2N2O. The zero-order chi connectivity index (χ0) is 15.4. The van der Waals surface area contributed by atoms with E-state index in [1.807, 2.05) is 13.8 Å². The summed E-state index contributed by atoms with van der Waals surface area (Å²) in [4.78, 5) is 12.1. The minimum atomic E-state index is -0.732. The van der Waals surface area contributed by atoms with E-state index in [1.54, 1.807) is 18.2 Å². The van der Waals surface area contributed by atoms with Crippen molar-refractivity contribution in [2.45, 2.75) is 13.8 Å². The normalized spacial score (nSPS) is 10.3. The molecule has 5 heteroatoms. The molecule has 0 aromatic heterocycles. The van der Waals surface area contributed by atoms with Crippen molar-refractivity contribution in [2.24, 2.45) is 0 Å². The largest absolute Gasteiger partial charge is 0.385 e. The van der Waals surface area contributed by atoms with E-state index in [-0.39, 0.29) is 5.69 Å². The van der Waals surface area contributed by atoms with Gasteiger partial charge in [0.05, 0.1) is 0 Å². The Morgan fingerprint density at radius 1 is 1.10 bits per heavy atom. The molecule has 0 atom stereocenters. The topological polar surface area (TPSA) is 41.1 Å². The molecule has 0 saturated carbocycles. The van der Waals surface area contributed by atoms with Gasteiger partial charge in [0, 0.05) is 29.5 Å². The fourth-order valence-electron chi connectivity index (χ4n) is 2.02. The van der Waals surface area contributed by atoms with Gasteiger partial charge in [-0.15, -0.1) is 0 Å². The molecule has 0 fully saturated rings. The number of carbonyl (C=O) groups is 1. The summed E-state index contributed by atoms with van der Waals surface area (Å²) in [6, 6.07) is 8.09.